The van der Waals surface area contributed by atoms with Crippen LogP contribution in [0.25, 0.3) is 10.6 Å². The van der Waals surface area contributed by atoms with Crippen molar-refractivity contribution in [1.29, 1.82) is 0 Å². The van der Waals surface area contributed by atoms with Crippen molar-refractivity contribution in [2.24, 2.45) is 0 Å². The number of carbonyl (C=O) groups excluding carboxylic acids is 1. The first-order chi connectivity index (χ1) is 13.7. The number of anilines is 1. The van der Waals surface area contributed by atoms with Crippen LogP contribution in [-0.2, 0) is 4.74 Å². The molecule has 0 aliphatic carbocycles. The fourth-order valence-corrected chi connectivity index (χ4v) is 3.04. The lowest BCUT2D eigenvalue weighted by Gasteiger charge is -2.18. The average molecular weight is 414 g/mol. The van der Waals surface area contributed by atoms with E-state index in [1.54, 1.807) is 50.4 Å². The Kier molecular flexibility index (Phi) is 5.74. The van der Waals surface area contributed by atoms with E-state index in [0.717, 1.165) is 0 Å². The summed E-state index contributed by atoms with van der Waals surface area (Å²) in [5.74, 6) is -0.104. The number of nitrogens with zero attached hydrogens (tertiary/aromatic N) is 3. The topological polar surface area (TPSA) is 116 Å². The number of para-hydroxylation sites is 2. The monoisotopic (exact) mass is 414 g/mol. The highest BCUT2D eigenvalue weighted by Crippen LogP contribution is 2.28. The second-order valence-electron chi connectivity index (χ2n) is 6.90. The molecular weight excluding hydrogens is 396 g/mol. The molecule has 0 aliphatic heterocycles. The fraction of sp³-hybridized carbons (Fsp3) is 0.211. The molecule has 1 N–H and O–H groups in total. The third-order valence-corrected chi connectivity index (χ3v) is 4.34. The lowest BCUT2D eigenvalue weighted by Crippen LogP contribution is -2.24. The number of ether oxygens (including phenoxy) is 1. The summed E-state index contributed by atoms with van der Waals surface area (Å²) in [4.78, 5) is 36.4. The largest absolute Gasteiger partial charge is 0.455 e. The van der Waals surface area contributed by atoms with Gasteiger partial charge in [0.05, 0.1) is 4.92 Å². The second kappa shape index (κ2) is 8.23. The molecule has 2 aromatic heterocycles. The first-order valence-electron chi connectivity index (χ1n) is 8.54. The number of rotatable bonds is 6. The number of esters is 1. The van der Waals surface area contributed by atoms with Crippen LogP contribution in [0.5, 0.6) is 5.75 Å². The highest BCUT2D eigenvalue weighted by Gasteiger charge is 2.20. The van der Waals surface area contributed by atoms with Gasteiger partial charge in [0.15, 0.2) is 11.5 Å². The van der Waals surface area contributed by atoms with Gasteiger partial charge in [-0.3, -0.25) is 10.1 Å². The normalized spacial score (nSPS) is 11.0. The van der Waals surface area contributed by atoms with Gasteiger partial charge in [0.2, 0.25) is 5.75 Å². The van der Waals surface area contributed by atoms with E-state index in [2.05, 4.69) is 15.4 Å². The van der Waals surface area contributed by atoms with E-state index in [-0.39, 0.29) is 17.1 Å². The number of pyridine rings is 1. The number of carbonyl (C=O) groups is 1. The number of thiazole rings is 1. The molecule has 3 rings (SSSR count). The molecule has 2 heterocycles. The van der Waals surface area contributed by atoms with Crippen molar-refractivity contribution in [3.05, 3.63) is 63.8 Å². The van der Waals surface area contributed by atoms with E-state index in [1.807, 2.05) is 0 Å². The van der Waals surface area contributed by atoms with Crippen molar-refractivity contribution in [2.45, 2.75) is 26.4 Å². The Balaban J connectivity index is 1.74. The van der Waals surface area contributed by atoms with Gasteiger partial charge in [0.1, 0.15) is 10.6 Å². The van der Waals surface area contributed by atoms with Crippen LogP contribution in [0.4, 0.5) is 11.5 Å². The van der Waals surface area contributed by atoms with Gasteiger partial charge >= 0.3 is 11.7 Å². The minimum absolute atomic E-state index is 0.0613. The van der Waals surface area contributed by atoms with Crippen LogP contribution >= 0.6 is 11.3 Å². The summed E-state index contributed by atoms with van der Waals surface area (Å²) in [6, 6.07) is 9.38. The van der Waals surface area contributed by atoms with Crippen molar-refractivity contribution in [1.82, 2.24) is 9.97 Å². The lowest BCUT2D eigenvalue weighted by atomic mass is 10.2. The summed E-state index contributed by atoms with van der Waals surface area (Å²) < 4.78 is 5.32. The van der Waals surface area contributed by atoms with Gasteiger partial charge in [0.25, 0.3) is 0 Å². The highest BCUT2D eigenvalue weighted by atomic mass is 32.1. The molecule has 0 spiro atoms. The number of nitro benzene ring substituents is 1. The zero-order chi connectivity index (χ0) is 21.0. The Hall–Kier alpha value is -3.53. The second-order valence-corrected chi connectivity index (χ2v) is 7.76. The SMILES string of the molecule is CC(C)(C)OC(=O)c1csc(-c2ccnc(NOc3ccccc3[N+](=O)[O-])c2)n1. The fourth-order valence-electron chi connectivity index (χ4n) is 2.25. The highest BCUT2D eigenvalue weighted by molar-refractivity contribution is 7.13. The van der Waals surface area contributed by atoms with Crippen molar-refractivity contribution < 1.29 is 19.3 Å². The smallest absolute Gasteiger partial charge is 0.358 e. The van der Waals surface area contributed by atoms with E-state index in [4.69, 9.17) is 9.57 Å². The van der Waals surface area contributed by atoms with E-state index in [0.29, 0.717) is 16.4 Å². The van der Waals surface area contributed by atoms with Crippen LogP contribution in [-0.4, -0.2) is 26.5 Å². The molecule has 3 aromatic rings. The number of benzene rings is 1. The average Bonchev–Trinajstić information content (AvgIpc) is 3.16. The van der Waals surface area contributed by atoms with Crippen LogP contribution in [0.1, 0.15) is 31.3 Å². The summed E-state index contributed by atoms with van der Waals surface area (Å²) in [5.41, 5.74) is 2.75. The molecule has 0 fully saturated rings. The van der Waals surface area contributed by atoms with Crippen LogP contribution in [0.2, 0.25) is 0 Å². The molecule has 0 radical (unpaired) electrons. The summed E-state index contributed by atoms with van der Waals surface area (Å²) in [6.07, 6.45) is 1.54. The number of hydrogen-bond acceptors (Lipinski definition) is 9. The van der Waals surface area contributed by atoms with Gasteiger partial charge < -0.3 is 9.57 Å². The van der Waals surface area contributed by atoms with Crippen molar-refractivity contribution >= 4 is 28.8 Å². The molecule has 0 bridgehead atoms. The zero-order valence-corrected chi connectivity index (χ0v) is 16.7. The van der Waals surface area contributed by atoms with Crippen LogP contribution in [0.15, 0.2) is 48.0 Å². The lowest BCUT2D eigenvalue weighted by molar-refractivity contribution is -0.385. The number of nitrogens with one attached hydrogen (secondary N) is 1. The number of nitro groups is 1. The summed E-state index contributed by atoms with van der Waals surface area (Å²) >= 11 is 1.29. The van der Waals surface area contributed by atoms with Gasteiger partial charge in [-0.15, -0.1) is 11.3 Å². The van der Waals surface area contributed by atoms with Crippen molar-refractivity contribution in [3.8, 4) is 16.3 Å². The van der Waals surface area contributed by atoms with Crippen molar-refractivity contribution in [3.63, 3.8) is 0 Å². The minimum Gasteiger partial charge on any atom is -0.455 e. The Morgan fingerprint density at radius 1 is 1.24 bits per heavy atom. The first-order valence-corrected chi connectivity index (χ1v) is 9.42. The number of hydrogen-bond donors (Lipinski definition) is 1. The number of aromatic nitrogens is 2. The maximum absolute atomic E-state index is 12.1. The molecule has 0 unspecified atom stereocenters. The van der Waals surface area contributed by atoms with Gasteiger partial charge in [-0.05, 0) is 39.0 Å². The molecule has 0 amide bonds. The minimum atomic E-state index is -0.605. The summed E-state index contributed by atoms with van der Waals surface area (Å²) in [5, 5.41) is 13.3. The predicted octanol–water partition coefficient (Wildman–Crippen LogP) is 4.47. The maximum Gasteiger partial charge on any atom is 0.358 e. The molecular formula is C19H18N4O5S. The third kappa shape index (κ3) is 5.26. The van der Waals surface area contributed by atoms with Crippen LogP contribution in [0.3, 0.4) is 0 Å². The summed E-state index contributed by atoms with van der Waals surface area (Å²) in [6.45, 7) is 5.36. The van der Waals surface area contributed by atoms with Gasteiger partial charge in [-0.1, -0.05) is 12.1 Å². The molecule has 150 valence electrons. The van der Waals surface area contributed by atoms with E-state index < -0.39 is 16.5 Å². The van der Waals surface area contributed by atoms with E-state index in [9.17, 15) is 14.9 Å². The molecule has 10 heteroatoms. The van der Waals surface area contributed by atoms with E-state index in [1.165, 1.54) is 29.7 Å². The van der Waals surface area contributed by atoms with Gasteiger partial charge in [-0.25, -0.2) is 20.2 Å². The molecule has 1 aromatic carbocycles. The Morgan fingerprint density at radius 3 is 2.72 bits per heavy atom. The van der Waals surface area contributed by atoms with Crippen LogP contribution < -0.4 is 10.3 Å². The Bertz CT molecular complexity index is 1040. The molecule has 9 nitrogen and oxygen atoms in total. The standard InChI is InChI=1S/C19H18N4O5S/c1-19(2,3)27-18(24)13-11-29-17(21-13)12-8-9-20-16(10-12)22-28-15-7-5-4-6-14(15)23(25)26/h4-11H,1-3H3,(H,20,22). The molecule has 0 aliphatic rings. The molecule has 0 saturated heterocycles. The zero-order valence-electron chi connectivity index (χ0n) is 15.9. The third-order valence-electron chi connectivity index (χ3n) is 3.45. The first kappa shape index (κ1) is 20.2. The predicted molar refractivity (Wildman–Crippen MR) is 108 cm³/mol. The Morgan fingerprint density at radius 2 is 2.00 bits per heavy atom. The Labute approximate surface area is 170 Å². The van der Waals surface area contributed by atoms with Crippen LogP contribution in [0, 0.1) is 10.1 Å². The summed E-state index contributed by atoms with van der Waals surface area (Å²) in [7, 11) is 0. The van der Waals surface area contributed by atoms with Gasteiger partial charge in [0, 0.05) is 23.2 Å². The maximum atomic E-state index is 12.1. The quantitative estimate of drug-likeness (QED) is 0.357. The molecule has 0 atom stereocenters. The van der Waals surface area contributed by atoms with E-state index >= 15 is 0 Å². The van der Waals surface area contributed by atoms with Gasteiger partial charge in [-0.2, -0.15) is 0 Å². The molecule has 29 heavy (non-hydrogen) atoms. The molecule has 0 saturated carbocycles. The van der Waals surface area contributed by atoms with Crippen molar-refractivity contribution in [2.75, 3.05) is 5.48 Å².